The third-order valence-electron chi connectivity index (χ3n) is 5.29. The number of hydrogen-bond acceptors (Lipinski definition) is 1. The van der Waals surface area contributed by atoms with Crippen LogP contribution in [-0.2, 0) is 0 Å². The summed E-state index contributed by atoms with van der Waals surface area (Å²) in [4.78, 5) is 2.60. The summed E-state index contributed by atoms with van der Waals surface area (Å²) in [5.41, 5.74) is 0.671. The third kappa shape index (κ3) is 3.91. The Morgan fingerprint density at radius 1 is 1.00 bits per heavy atom. The Kier molecular flexibility index (Phi) is 5.68. The van der Waals surface area contributed by atoms with E-state index < -0.39 is 8.07 Å². The smallest absolute Gasteiger partial charge is 0.0907 e. The highest BCUT2D eigenvalue weighted by atomic mass is 28.3. The predicted octanol–water partition coefficient (Wildman–Crippen LogP) is 5.35. The molecular weight excluding hydrogens is 282 g/mol. The second-order valence-corrected chi connectivity index (χ2v) is 12.6. The van der Waals surface area contributed by atoms with E-state index in [0.717, 1.165) is 0 Å². The highest BCUT2D eigenvalue weighted by molar-refractivity contribution is 6.87. The molecule has 0 amide bonds. The molecule has 0 aliphatic heterocycles. The van der Waals surface area contributed by atoms with Gasteiger partial charge in [0.25, 0.3) is 0 Å². The van der Waals surface area contributed by atoms with Crippen LogP contribution in [0.4, 0.5) is 0 Å². The van der Waals surface area contributed by atoms with Crippen LogP contribution in [0.25, 0.3) is 0 Å². The summed E-state index contributed by atoms with van der Waals surface area (Å²) in [5.74, 6) is 0.635. The normalized spacial score (nSPS) is 21.9. The van der Waals surface area contributed by atoms with Crippen LogP contribution >= 0.6 is 0 Å². The summed E-state index contributed by atoms with van der Waals surface area (Å²) in [5, 5.41) is 1.64. The maximum absolute atomic E-state index is 2.60. The zero-order valence-electron chi connectivity index (χ0n) is 15.2. The van der Waals surface area contributed by atoms with E-state index in [1.54, 1.807) is 5.20 Å². The van der Waals surface area contributed by atoms with E-state index in [2.05, 4.69) is 88.2 Å². The van der Waals surface area contributed by atoms with Gasteiger partial charge in [0.05, 0.1) is 8.07 Å². The Labute approximate surface area is 138 Å². The summed E-state index contributed by atoms with van der Waals surface area (Å²) in [6.07, 6.45) is 17.8. The van der Waals surface area contributed by atoms with Crippen molar-refractivity contribution in [3.05, 3.63) is 47.7 Å². The van der Waals surface area contributed by atoms with Crippen LogP contribution in [-0.4, -0.2) is 31.6 Å². The molecule has 2 rings (SSSR count). The van der Waals surface area contributed by atoms with Gasteiger partial charge >= 0.3 is 0 Å². The quantitative estimate of drug-likeness (QED) is 0.572. The lowest BCUT2D eigenvalue weighted by molar-refractivity contribution is 0.169. The average Bonchev–Trinajstić information content (AvgIpc) is 3.10. The molecule has 0 saturated carbocycles. The fourth-order valence-corrected chi connectivity index (χ4v) is 6.43. The van der Waals surface area contributed by atoms with Crippen LogP contribution in [0.1, 0.15) is 34.1 Å². The average molecular weight is 316 g/mol. The van der Waals surface area contributed by atoms with Gasteiger partial charge in [-0.25, -0.2) is 0 Å². The fourth-order valence-electron chi connectivity index (χ4n) is 3.69. The van der Waals surface area contributed by atoms with Gasteiger partial charge in [0.2, 0.25) is 0 Å². The highest BCUT2D eigenvalue weighted by Gasteiger charge is 2.34. The molecule has 1 atom stereocenters. The molecule has 1 nitrogen and oxygen atoms in total. The van der Waals surface area contributed by atoms with Crippen molar-refractivity contribution in [1.82, 2.24) is 4.90 Å². The van der Waals surface area contributed by atoms with Crippen LogP contribution in [0.2, 0.25) is 18.6 Å². The van der Waals surface area contributed by atoms with Crippen molar-refractivity contribution in [3.63, 3.8) is 0 Å². The van der Waals surface area contributed by atoms with Gasteiger partial charge in [0, 0.05) is 12.1 Å². The number of allylic oxidation sites excluding steroid dienone is 8. The number of rotatable bonds is 7. The van der Waals surface area contributed by atoms with Crippen LogP contribution in [0, 0.1) is 5.92 Å². The molecule has 0 radical (unpaired) electrons. The molecule has 2 aliphatic carbocycles. The van der Waals surface area contributed by atoms with Crippen molar-refractivity contribution in [3.8, 4) is 0 Å². The predicted molar refractivity (Wildman–Crippen MR) is 102 cm³/mol. The van der Waals surface area contributed by atoms with Crippen molar-refractivity contribution in [1.29, 1.82) is 0 Å². The third-order valence-corrected chi connectivity index (χ3v) is 9.16. The minimum Gasteiger partial charge on any atom is -0.299 e. The van der Waals surface area contributed by atoms with Gasteiger partial charge in [-0.15, -0.1) is 0 Å². The molecule has 0 aromatic rings. The minimum absolute atomic E-state index is 0.633. The zero-order chi connectivity index (χ0) is 16.3. The maximum atomic E-state index is 2.60. The van der Waals surface area contributed by atoms with E-state index in [-0.39, 0.29) is 0 Å². The second-order valence-electron chi connectivity index (χ2n) is 7.88. The van der Waals surface area contributed by atoms with Gasteiger partial charge in [-0.3, -0.25) is 4.90 Å². The first-order valence-electron chi connectivity index (χ1n) is 8.83. The Morgan fingerprint density at radius 3 is 2.14 bits per heavy atom. The maximum Gasteiger partial charge on any atom is 0.0907 e. The van der Waals surface area contributed by atoms with Crippen LogP contribution in [0.15, 0.2) is 47.7 Å². The van der Waals surface area contributed by atoms with Crippen molar-refractivity contribution in [2.75, 3.05) is 6.54 Å². The van der Waals surface area contributed by atoms with Crippen molar-refractivity contribution < 1.29 is 0 Å². The van der Waals surface area contributed by atoms with Crippen LogP contribution in [0.5, 0.6) is 0 Å². The summed E-state index contributed by atoms with van der Waals surface area (Å²) < 4.78 is 0. The molecule has 0 heterocycles. The lowest BCUT2D eigenvalue weighted by atomic mass is 10.1. The molecule has 0 N–H and O–H groups in total. The molecule has 0 bridgehead atoms. The molecule has 0 saturated heterocycles. The molecule has 0 aromatic carbocycles. The summed E-state index contributed by atoms with van der Waals surface area (Å²) in [6, 6.07) is 1.27. The van der Waals surface area contributed by atoms with Crippen molar-refractivity contribution >= 4 is 8.07 Å². The molecule has 0 spiro atoms. The standard InChI is InChI=1S/C20H33NSi/c1-16(2)21(17(3)4)14-13-18-11-12-20(15-18)22(5,6)19-9-7-8-10-19/h7-12,15-19H,13-14H2,1-6H3. The van der Waals surface area contributed by atoms with Gasteiger partial charge < -0.3 is 0 Å². The molecular formula is C20H33NSi. The van der Waals surface area contributed by atoms with Gasteiger partial charge in [-0.1, -0.05) is 60.8 Å². The Hall–Kier alpha value is -0.863. The summed E-state index contributed by atoms with van der Waals surface area (Å²) in [7, 11) is -1.39. The van der Waals surface area contributed by atoms with Gasteiger partial charge in [0.1, 0.15) is 0 Å². The molecule has 122 valence electrons. The largest absolute Gasteiger partial charge is 0.299 e. The number of nitrogens with zero attached hydrogens (tertiary/aromatic N) is 1. The lowest BCUT2D eigenvalue weighted by Crippen LogP contribution is -2.38. The van der Waals surface area contributed by atoms with Gasteiger partial charge in [0.15, 0.2) is 0 Å². The van der Waals surface area contributed by atoms with E-state index in [9.17, 15) is 0 Å². The summed E-state index contributed by atoms with van der Waals surface area (Å²) >= 11 is 0. The van der Waals surface area contributed by atoms with E-state index in [1.165, 1.54) is 13.0 Å². The first kappa shape index (κ1) is 17.5. The second kappa shape index (κ2) is 7.14. The van der Waals surface area contributed by atoms with E-state index in [1.807, 2.05) is 0 Å². The Bertz CT molecular complexity index is 474. The first-order valence-corrected chi connectivity index (χ1v) is 11.9. The minimum atomic E-state index is -1.39. The SMILES string of the molecule is CC(C)N(CCC1C=CC([Si](C)(C)C2C=CC=C2)=C1)C(C)C. The number of hydrogen-bond donors (Lipinski definition) is 0. The van der Waals surface area contributed by atoms with Crippen molar-refractivity contribution in [2.45, 2.75) is 64.8 Å². The lowest BCUT2D eigenvalue weighted by Gasteiger charge is -2.31. The molecule has 22 heavy (non-hydrogen) atoms. The topological polar surface area (TPSA) is 3.24 Å². The van der Waals surface area contributed by atoms with Crippen LogP contribution in [0.3, 0.4) is 0 Å². The summed E-state index contributed by atoms with van der Waals surface area (Å²) in [6.45, 7) is 15.4. The molecule has 1 unspecified atom stereocenters. The molecule has 0 aromatic heterocycles. The van der Waals surface area contributed by atoms with Gasteiger partial charge in [-0.2, -0.15) is 0 Å². The highest BCUT2D eigenvalue weighted by Crippen LogP contribution is 2.37. The fraction of sp³-hybridized carbons (Fsp3) is 0.600. The molecule has 2 aliphatic rings. The Morgan fingerprint density at radius 2 is 1.59 bits per heavy atom. The Balaban J connectivity index is 1.96. The molecule has 0 fully saturated rings. The van der Waals surface area contributed by atoms with Crippen LogP contribution < -0.4 is 0 Å². The van der Waals surface area contributed by atoms with Crippen molar-refractivity contribution in [2.24, 2.45) is 5.92 Å². The van der Waals surface area contributed by atoms with E-state index in [4.69, 9.17) is 0 Å². The molecule has 2 heteroatoms. The first-order chi connectivity index (χ1) is 10.3. The van der Waals surface area contributed by atoms with Gasteiger partial charge in [-0.05, 0) is 52.1 Å². The monoisotopic (exact) mass is 315 g/mol. The zero-order valence-corrected chi connectivity index (χ0v) is 16.2. The van der Waals surface area contributed by atoms with E-state index in [0.29, 0.717) is 23.5 Å². The van der Waals surface area contributed by atoms with E-state index >= 15 is 0 Å².